The van der Waals surface area contributed by atoms with Crippen LogP contribution in [0.4, 0.5) is 10.2 Å². The van der Waals surface area contributed by atoms with E-state index in [-0.39, 0.29) is 5.82 Å². The molecule has 0 saturated heterocycles. The van der Waals surface area contributed by atoms with E-state index in [0.29, 0.717) is 10.9 Å². The molecule has 0 spiro atoms. The molecule has 1 aromatic heterocycles. The molecule has 1 N–H and O–H groups in total. The molecule has 0 fully saturated rings. The number of nitrogens with one attached hydrogen (secondary N) is 1. The Morgan fingerprint density at radius 2 is 2.19 bits per heavy atom. The highest BCUT2D eigenvalue weighted by Gasteiger charge is 2.09. The van der Waals surface area contributed by atoms with Crippen LogP contribution in [0.15, 0.2) is 22.7 Å². The topological polar surface area (TPSA) is 24.9 Å². The summed E-state index contributed by atoms with van der Waals surface area (Å²) in [7, 11) is 0. The molecule has 16 heavy (non-hydrogen) atoms. The van der Waals surface area contributed by atoms with E-state index in [2.05, 4.69) is 26.2 Å². The lowest BCUT2D eigenvalue weighted by molar-refractivity contribution is 0.639. The lowest BCUT2D eigenvalue weighted by Crippen LogP contribution is -2.02. The fourth-order valence-corrected chi connectivity index (χ4v) is 2.07. The average molecular weight is 283 g/mol. The van der Waals surface area contributed by atoms with E-state index in [4.69, 9.17) is 0 Å². The third-order valence-electron chi connectivity index (χ3n) is 2.42. The Morgan fingerprint density at radius 3 is 2.88 bits per heavy atom. The van der Waals surface area contributed by atoms with Crippen molar-refractivity contribution in [3.63, 3.8) is 0 Å². The van der Waals surface area contributed by atoms with Crippen LogP contribution in [0.2, 0.25) is 0 Å². The molecule has 2 nitrogen and oxygen atoms in total. The quantitative estimate of drug-likeness (QED) is 0.904. The Bertz CT molecular complexity index is 540. The van der Waals surface area contributed by atoms with E-state index in [1.165, 1.54) is 6.07 Å². The summed E-state index contributed by atoms with van der Waals surface area (Å²) in [4.78, 5) is 4.43. The van der Waals surface area contributed by atoms with Gasteiger partial charge in [0.05, 0.1) is 5.52 Å². The molecule has 2 aromatic rings. The zero-order chi connectivity index (χ0) is 11.7. The van der Waals surface area contributed by atoms with E-state index in [1.54, 1.807) is 6.07 Å². The standard InChI is InChI=1S/C12H12BrFN2/c1-3-15-12-7(2)6-8-10(14)5-4-9(13)11(8)16-12/h4-6H,3H2,1-2H3,(H,15,16). The van der Waals surface area contributed by atoms with Crippen molar-refractivity contribution in [3.05, 3.63) is 34.1 Å². The van der Waals surface area contributed by atoms with Crippen molar-refractivity contribution in [3.8, 4) is 0 Å². The number of halogens is 2. The first-order valence-corrected chi connectivity index (χ1v) is 5.92. The number of aryl methyl sites for hydroxylation is 1. The van der Waals surface area contributed by atoms with Crippen molar-refractivity contribution in [2.45, 2.75) is 13.8 Å². The fraction of sp³-hybridized carbons (Fsp3) is 0.250. The van der Waals surface area contributed by atoms with Crippen LogP contribution >= 0.6 is 15.9 Å². The summed E-state index contributed by atoms with van der Waals surface area (Å²) in [5.41, 5.74) is 1.60. The number of pyridine rings is 1. The number of hydrogen-bond donors (Lipinski definition) is 1. The van der Waals surface area contributed by atoms with Crippen LogP contribution in [-0.2, 0) is 0 Å². The van der Waals surface area contributed by atoms with Gasteiger partial charge < -0.3 is 5.32 Å². The van der Waals surface area contributed by atoms with Gasteiger partial charge in [0.15, 0.2) is 0 Å². The van der Waals surface area contributed by atoms with Gasteiger partial charge in [-0.25, -0.2) is 9.37 Å². The second-order valence-corrected chi connectivity index (χ2v) is 4.46. The average Bonchev–Trinajstić information content (AvgIpc) is 2.26. The SMILES string of the molecule is CCNc1nc2c(Br)ccc(F)c2cc1C. The van der Waals surface area contributed by atoms with Gasteiger partial charge in [0.2, 0.25) is 0 Å². The molecule has 0 radical (unpaired) electrons. The van der Waals surface area contributed by atoms with E-state index in [1.807, 2.05) is 19.9 Å². The van der Waals surface area contributed by atoms with Crippen molar-refractivity contribution >= 4 is 32.7 Å². The maximum atomic E-state index is 13.6. The number of hydrogen-bond acceptors (Lipinski definition) is 2. The highest BCUT2D eigenvalue weighted by atomic mass is 79.9. The summed E-state index contributed by atoms with van der Waals surface area (Å²) in [6.07, 6.45) is 0. The van der Waals surface area contributed by atoms with E-state index >= 15 is 0 Å². The Morgan fingerprint density at radius 1 is 1.44 bits per heavy atom. The van der Waals surface area contributed by atoms with Crippen molar-refractivity contribution in [2.24, 2.45) is 0 Å². The van der Waals surface area contributed by atoms with E-state index in [0.717, 1.165) is 22.4 Å². The van der Waals surface area contributed by atoms with Crippen molar-refractivity contribution < 1.29 is 4.39 Å². The molecule has 0 unspecified atom stereocenters. The minimum Gasteiger partial charge on any atom is -0.370 e. The third-order valence-corrected chi connectivity index (χ3v) is 3.06. The smallest absolute Gasteiger partial charge is 0.132 e. The summed E-state index contributed by atoms with van der Waals surface area (Å²) < 4.78 is 14.4. The van der Waals surface area contributed by atoms with Gasteiger partial charge in [-0.05, 0) is 53.5 Å². The van der Waals surface area contributed by atoms with Gasteiger partial charge in [-0.1, -0.05) is 0 Å². The maximum Gasteiger partial charge on any atom is 0.132 e. The predicted octanol–water partition coefficient (Wildman–Crippen LogP) is 3.88. The first-order valence-electron chi connectivity index (χ1n) is 5.12. The lowest BCUT2D eigenvalue weighted by Gasteiger charge is -2.09. The van der Waals surface area contributed by atoms with Crippen molar-refractivity contribution in [2.75, 3.05) is 11.9 Å². The van der Waals surface area contributed by atoms with Gasteiger partial charge in [0, 0.05) is 16.4 Å². The normalized spacial score (nSPS) is 10.8. The van der Waals surface area contributed by atoms with Gasteiger partial charge in [-0.3, -0.25) is 0 Å². The number of rotatable bonds is 2. The van der Waals surface area contributed by atoms with Gasteiger partial charge in [0.1, 0.15) is 11.6 Å². The molecule has 4 heteroatoms. The maximum absolute atomic E-state index is 13.6. The third kappa shape index (κ3) is 1.89. The molecule has 84 valence electrons. The summed E-state index contributed by atoms with van der Waals surface area (Å²) in [6, 6.07) is 4.94. The molecule has 0 aliphatic carbocycles. The van der Waals surface area contributed by atoms with Gasteiger partial charge in [0.25, 0.3) is 0 Å². The fourth-order valence-electron chi connectivity index (χ4n) is 1.64. The predicted molar refractivity (Wildman–Crippen MR) is 68.3 cm³/mol. The zero-order valence-electron chi connectivity index (χ0n) is 9.14. The molecule has 2 rings (SSSR count). The second-order valence-electron chi connectivity index (χ2n) is 3.61. The second kappa shape index (κ2) is 4.37. The Labute approximate surface area is 102 Å². The van der Waals surface area contributed by atoms with Crippen LogP contribution in [0.5, 0.6) is 0 Å². The van der Waals surface area contributed by atoms with Crippen LogP contribution < -0.4 is 5.32 Å². The number of anilines is 1. The van der Waals surface area contributed by atoms with Gasteiger partial charge in [-0.15, -0.1) is 0 Å². The first-order chi connectivity index (χ1) is 7.63. The molecule has 0 bridgehead atoms. The Kier molecular flexibility index (Phi) is 3.10. The molecule has 1 heterocycles. The number of benzene rings is 1. The van der Waals surface area contributed by atoms with Crippen LogP contribution in [0.1, 0.15) is 12.5 Å². The van der Waals surface area contributed by atoms with Crippen molar-refractivity contribution in [1.82, 2.24) is 4.98 Å². The number of aromatic nitrogens is 1. The largest absolute Gasteiger partial charge is 0.370 e. The minimum atomic E-state index is -0.239. The summed E-state index contributed by atoms with van der Waals surface area (Å²) in [6.45, 7) is 4.73. The Hall–Kier alpha value is -1.16. The first kappa shape index (κ1) is 11.3. The molecule has 0 aliphatic heterocycles. The van der Waals surface area contributed by atoms with Crippen LogP contribution in [0.3, 0.4) is 0 Å². The zero-order valence-corrected chi connectivity index (χ0v) is 10.7. The molecular formula is C12H12BrFN2. The molecule has 1 aromatic carbocycles. The van der Waals surface area contributed by atoms with E-state index in [9.17, 15) is 4.39 Å². The van der Waals surface area contributed by atoms with Crippen LogP contribution in [0.25, 0.3) is 10.9 Å². The molecule has 0 amide bonds. The van der Waals surface area contributed by atoms with Crippen LogP contribution in [-0.4, -0.2) is 11.5 Å². The highest BCUT2D eigenvalue weighted by Crippen LogP contribution is 2.28. The van der Waals surface area contributed by atoms with Crippen molar-refractivity contribution in [1.29, 1.82) is 0 Å². The Balaban J connectivity index is 2.73. The lowest BCUT2D eigenvalue weighted by atomic mass is 10.1. The molecular weight excluding hydrogens is 271 g/mol. The minimum absolute atomic E-state index is 0.239. The summed E-state index contributed by atoms with van der Waals surface area (Å²) in [5.74, 6) is 0.568. The summed E-state index contributed by atoms with van der Waals surface area (Å²) in [5, 5.41) is 3.71. The summed E-state index contributed by atoms with van der Waals surface area (Å²) >= 11 is 3.38. The molecule has 0 aliphatic rings. The van der Waals surface area contributed by atoms with Gasteiger partial charge >= 0.3 is 0 Å². The molecule has 0 saturated carbocycles. The number of fused-ring (bicyclic) bond motifs is 1. The van der Waals surface area contributed by atoms with Gasteiger partial charge in [-0.2, -0.15) is 0 Å². The molecule has 0 atom stereocenters. The van der Waals surface area contributed by atoms with E-state index < -0.39 is 0 Å². The van der Waals surface area contributed by atoms with Crippen LogP contribution in [0, 0.1) is 12.7 Å². The number of nitrogens with zero attached hydrogens (tertiary/aromatic N) is 1. The monoisotopic (exact) mass is 282 g/mol. The highest BCUT2D eigenvalue weighted by molar-refractivity contribution is 9.10.